The van der Waals surface area contributed by atoms with E-state index < -0.39 is 0 Å². The molecule has 1 N–H and O–H groups in total. The molecule has 1 aromatic heterocycles. The predicted molar refractivity (Wildman–Crippen MR) is 120 cm³/mol. The van der Waals surface area contributed by atoms with Gasteiger partial charge in [-0.15, -0.1) is 0 Å². The second kappa shape index (κ2) is 11.2. The van der Waals surface area contributed by atoms with Gasteiger partial charge in [-0.05, 0) is 80.2 Å². The Labute approximate surface area is 178 Å². The van der Waals surface area contributed by atoms with Crippen molar-refractivity contribution in [3.63, 3.8) is 0 Å². The normalized spacial score (nSPS) is 16.3. The average molecular weight is 414 g/mol. The SMILES string of the molecule is CSCCC(C)N1CCC(Oc2ccc(C(=O)NCc3ccncc3)cc2)CC1. The van der Waals surface area contributed by atoms with Crippen LogP contribution >= 0.6 is 11.8 Å². The van der Waals surface area contributed by atoms with Crippen molar-refractivity contribution >= 4 is 17.7 Å². The first-order chi connectivity index (χ1) is 14.2. The van der Waals surface area contributed by atoms with E-state index in [4.69, 9.17) is 4.74 Å². The first-order valence-electron chi connectivity index (χ1n) is 10.3. The molecule has 0 aliphatic carbocycles. The van der Waals surface area contributed by atoms with Gasteiger partial charge in [0.2, 0.25) is 0 Å². The Balaban J connectivity index is 1.43. The Morgan fingerprint density at radius 3 is 2.55 bits per heavy atom. The van der Waals surface area contributed by atoms with E-state index >= 15 is 0 Å². The van der Waals surface area contributed by atoms with Crippen LogP contribution in [0.1, 0.15) is 42.1 Å². The number of hydrogen-bond acceptors (Lipinski definition) is 5. The van der Waals surface area contributed by atoms with Crippen LogP contribution in [-0.4, -0.2) is 53.0 Å². The smallest absolute Gasteiger partial charge is 0.251 e. The molecule has 2 aromatic rings. The van der Waals surface area contributed by atoms with E-state index in [1.54, 1.807) is 12.4 Å². The van der Waals surface area contributed by atoms with Crippen LogP contribution in [0.4, 0.5) is 0 Å². The van der Waals surface area contributed by atoms with E-state index in [2.05, 4.69) is 28.4 Å². The highest BCUT2D eigenvalue weighted by atomic mass is 32.2. The lowest BCUT2D eigenvalue weighted by atomic mass is 10.0. The maximum Gasteiger partial charge on any atom is 0.251 e. The summed E-state index contributed by atoms with van der Waals surface area (Å²) in [7, 11) is 0. The summed E-state index contributed by atoms with van der Waals surface area (Å²) in [5, 5.41) is 2.93. The molecule has 1 aliphatic rings. The molecule has 0 saturated carbocycles. The van der Waals surface area contributed by atoms with E-state index in [1.807, 2.05) is 48.2 Å². The van der Waals surface area contributed by atoms with Crippen molar-refractivity contribution in [2.45, 2.75) is 44.9 Å². The summed E-state index contributed by atoms with van der Waals surface area (Å²) in [5.74, 6) is 1.98. The van der Waals surface area contributed by atoms with Crippen molar-refractivity contribution in [1.82, 2.24) is 15.2 Å². The molecule has 0 bridgehead atoms. The van der Waals surface area contributed by atoms with E-state index in [1.165, 1.54) is 12.2 Å². The second-order valence-electron chi connectivity index (χ2n) is 7.55. The average Bonchev–Trinajstić information content (AvgIpc) is 2.77. The number of carbonyl (C=O) groups excluding carboxylic acids is 1. The topological polar surface area (TPSA) is 54.5 Å². The molecule has 1 saturated heterocycles. The molecule has 1 aliphatic heterocycles. The standard InChI is InChI=1S/C23H31N3O2S/c1-18(11-16-29-2)26-14-9-22(10-15-26)28-21-5-3-20(4-6-21)23(27)25-17-19-7-12-24-13-8-19/h3-8,12-13,18,22H,9-11,14-17H2,1-2H3,(H,25,27). The summed E-state index contributed by atoms with van der Waals surface area (Å²) in [5.41, 5.74) is 1.67. The molecule has 1 fully saturated rings. The van der Waals surface area contributed by atoms with Gasteiger partial charge in [0.1, 0.15) is 11.9 Å². The zero-order valence-corrected chi connectivity index (χ0v) is 18.2. The number of piperidine rings is 1. The Kier molecular flexibility index (Phi) is 8.38. The first-order valence-corrected chi connectivity index (χ1v) is 11.7. The van der Waals surface area contributed by atoms with E-state index in [0.717, 1.165) is 37.2 Å². The minimum absolute atomic E-state index is 0.0825. The van der Waals surface area contributed by atoms with Crippen LogP contribution in [0.15, 0.2) is 48.8 Å². The van der Waals surface area contributed by atoms with Crippen molar-refractivity contribution in [2.24, 2.45) is 0 Å². The van der Waals surface area contributed by atoms with E-state index in [9.17, 15) is 4.79 Å². The first kappa shape index (κ1) is 21.7. The molecular formula is C23H31N3O2S. The van der Waals surface area contributed by atoms with E-state index in [0.29, 0.717) is 18.2 Å². The molecule has 1 aromatic carbocycles. The number of amides is 1. The predicted octanol–water partition coefficient (Wildman–Crippen LogP) is 4.00. The van der Waals surface area contributed by atoms with Crippen molar-refractivity contribution < 1.29 is 9.53 Å². The van der Waals surface area contributed by atoms with Crippen LogP contribution < -0.4 is 10.1 Å². The monoisotopic (exact) mass is 413 g/mol. The number of ether oxygens (including phenoxy) is 1. The maximum absolute atomic E-state index is 12.3. The van der Waals surface area contributed by atoms with Gasteiger partial charge in [0, 0.05) is 43.6 Å². The molecule has 0 spiro atoms. The van der Waals surface area contributed by atoms with Crippen molar-refractivity contribution in [3.05, 3.63) is 59.9 Å². The number of thioether (sulfide) groups is 1. The molecule has 1 atom stereocenters. The van der Waals surface area contributed by atoms with Gasteiger partial charge in [-0.3, -0.25) is 9.78 Å². The number of hydrogen-bond donors (Lipinski definition) is 1. The van der Waals surface area contributed by atoms with Gasteiger partial charge in [-0.25, -0.2) is 0 Å². The summed E-state index contributed by atoms with van der Waals surface area (Å²) >= 11 is 1.92. The molecule has 1 unspecified atom stereocenters. The van der Waals surface area contributed by atoms with Crippen molar-refractivity contribution in [3.8, 4) is 5.75 Å². The van der Waals surface area contributed by atoms with Crippen LogP contribution in [0.5, 0.6) is 5.75 Å². The van der Waals surface area contributed by atoms with Crippen molar-refractivity contribution in [2.75, 3.05) is 25.1 Å². The number of aromatic nitrogens is 1. The number of benzene rings is 1. The van der Waals surface area contributed by atoms with Gasteiger partial charge in [0.15, 0.2) is 0 Å². The minimum atomic E-state index is -0.0825. The van der Waals surface area contributed by atoms with Crippen LogP contribution in [0.3, 0.4) is 0 Å². The molecule has 6 heteroatoms. The van der Waals surface area contributed by atoms with Crippen LogP contribution in [-0.2, 0) is 6.54 Å². The molecule has 1 amide bonds. The molecule has 2 heterocycles. The molecule has 29 heavy (non-hydrogen) atoms. The molecule has 5 nitrogen and oxygen atoms in total. The van der Waals surface area contributed by atoms with Gasteiger partial charge in [-0.1, -0.05) is 0 Å². The third kappa shape index (κ3) is 6.75. The fraction of sp³-hybridized carbons (Fsp3) is 0.478. The summed E-state index contributed by atoms with van der Waals surface area (Å²) in [6.07, 6.45) is 9.23. The third-order valence-corrected chi connectivity index (χ3v) is 6.11. The number of carbonyl (C=O) groups is 1. The second-order valence-corrected chi connectivity index (χ2v) is 8.53. The number of likely N-dealkylation sites (tertiary alicyclic amines) is 1. The minimum Gasteiger partial charge on any atom is -0.490 e. The molecular weight excluding hydrogens is 382 g/mol. The van der Waals surface area contributed by atoms with Gasteiger partial charge >= 0.3 is 0 Å². The number of nitrogens with one attached hydrogen (secondary N) is 1. The zero-order valence-electron chi connectivity index (χ0n) is 17.3. The van der Waals surface area contributed by atoms with Gasteiger partial charge in [0.25, 0.3) is 5.91 Å². The maximum atomic E-state index is 12.3. The lowest BCUT2D eigenvalue weighted by Gasteiger charge is -2.36. The Hall–Kier alpha value is -2.05. The largest absolute Gasteiger partial charge is 0.490 e. The third-order valence-electron chi connectivity index (χ3n) is 5.46. The highest BCUT2D eigenvalue weighted by Gasteiger charge is 2.23. The molecule has 0 radical (unpaired) electrons. The molecule has 156 valence electrons. The summed E-state index contributed by atoms with van der Waals surface area (Å²) in [4.78, 5) is 18.9. The summed E-state index contributed by atoms with van der Waals surface area (Å²) in [6, 6.07) is 11.9. The van der Waals surface area contributed by atoms with Gasteiger partial charge < -0.3 is 15.0 Å². The Bertz CT molecular complexity index is 746. The molecule has 3 rings (SSSR count). The quantitative estimate of drug-likeness (QED) is 0.673. The Morgan fingerprint density at radius 1 is 1.21 bits per heavy atom. The lowest BCUT2D eigenvalue weighted by molar-refractivity contribution is 0.0791. The van der Waals surface area contributed by atoms with Crippen molar-refractivity contribution in [1.29, 1.82) is 0 Å². The van der Waals surface area contributed by atoms with Crippen LogP contribution in [0.25, 0.3) is 0 Å². The lowest BCUT2D eigenvalue weighted by Crippen LogP contribution is -2.43. The summed E-state index contributed by atoms with van der Waals surface area (Å²) < 4.78 is 6.16. The van der Waals surface area contributed by atoms with E-state index in [-0.39, 0.29) is 12.0 Å². The Morgan fingerprint density at radius 2 is 1.90 bits per heavy atom. The van der Waals surface area contributed by atoms with Gasteiger partial charge in [-0.2, -0.15) is 11.8 Å². The highest BCUT2D eigenvalue weighted by Crippen LogP contribution is 2.21. The van der Waals surface area contributed by atoms with Crippen LogP contribution in [0, 0.1) is 0 Å². The summed E-state index contributed by atoms with van der Waals surface area (Å²) in [6.45, 7) is 5.01. The van der Waals surface area contributed by atoms with Crippen LogP contribution in [0.2, 0.25) is 0 Å². The number of rotatable bonds is 9. The fourth-order valence-electron chi connectivity index (χ4n) is 3.57. The number of pyridine rings is 1. The fourth-order valence-corrected chi connectivity index (χ4v) is 4.14. The highest BCUT2D eigenvalue weighted by molar-refractivity contribution is 7.98. The zero-order chi connectivity index (χ0) is 20.5. The number of nitrogens with zero attached hydrogens (tertiary/aromatic N) is 2. The van der Waals surface area contributed by atoms with Gasteiger partial charge in [0.05, 0.1) is 0 Å².